The van der Waals surface area contributed by atoms with Gasteiger partial charge in [0, 0.05) is 37.6 Å². The molecule has 1 aliphatic rings. The Morgan fingerprint density at radius 2 is 1.69 bits per heavy atom. The molecular weight excluding hydrogens is 330 g/mol. The maximum atomic E-state index is 12.6. The quantitative estimate of drug-likeness (QED) is 0.790. The lowest BCUT2D eigenvalue weighted by Gasteiger charge is -2.43. The highest BCUT2D eigenvalue weighted by Crippen LogP contribution is 2.18. The summed E-state index contributed by atoms with van der Waals surface area (Å²) >= 11 is 0. The first-order valence-electron chi connectivity index (χ1n) is 8.73. The third-order valence-electron chi connectivity index (χ3n) is 4.65. The van der Waals surface area contributed by atoms with Crippen LogP contribution in [0.1, 0.15) is 34.6 Å². The molecule has 6 heteroatoms. The fourth-order valence-electron chi connectivity index (χ4n) is 3.24. The van der Waals surface area contributed by atoms with E-state index in [0.29, 0.717) is 24.2 Å². The van der Waals surface area contributed by atoms with Crippen LogP contribution in [0.25, 0.3) is 0 Å². The van der Waals surface area contributed by atoms with Crippen molar-refractivity contribution in [3.8, 4) is 0 Å². The number of piperazine rings is 1. The third-order valence-corrected chi connectivity index (χ3v) is 4.65. The van der Waals surface area contributed by atoms with Crippen LogP contribution < -0.4 is 0 Å². The number of carbonyl (C=O) groups is 2. The zero-order valence-corrected chi connectivity index (χ0v) is 15.0. The van der Waals surface area contributed by atoms with E-state index in [1.807, 2.05) is 36.9 Å². The van der Waals surface area contributed by atoms with Gasteiger partial charge in [-0.2, -0.15) is 0 Å². The summed E-state index contributed by atoms with van der Waals surface area (Å²) in [5.41, 5.74) is 1.13. The second-order valence-corrected chi connectivity index (χ2v) is 6.59. The lowest BCUT2D eigenvalue weighted by Crippen LogP contribution is -2.58. The zero-order valence-electron chi connectivity index (χ0n) is 15.0. The van der Waals surface area contributed by atoms with Gasteiger partial charge in [-0.3, -0.25) is 14.7 Å². The van der Waals surface area contributed by atoms with E-state index >= 15 is 0 Å². The van der Waals surface area contributed by atoms with E-state index in [2.05, 4.69) is 9.88 Å². The van der Waals surface area contributed by atoms with Crippen LogP contribution in [-0.2, 0) is 4.74 Å². The van der Waals surface area contributed by atoms with E-state index in [4.69, 9.17) is 4.74 Å². The van der Waals surface area contributed by atoms with Crippen LogP contribution in [0.15, 0.2) is 54.9 Å². The predicted octanol–water partition coefficient (Wildman–Crippen LogP) is 2.43. The Morgan fingerprint density at radius 3 is 2.31 bits per heavy atom. The van der Waals surface area contributed by atoms with Crippen LogP contribution in [0.3, 0.4) is 0 Å². The fraction of sp³-hybridized carbons (Fsp3) is 0.350. The van der Waals surface area contributed by atoms with Crippen molar-refractivity contribution in [1.82, 2.24) is 14.8 Å². The van der Waals surface area contributed by atoms with Crippen LogP contribution in [0.5, 0.6) is 0 Å². The molecule has 0 N–H and O–H groups in total. The van der Waals surface area contributed by atoms with E-state index in [1.54, 1.807) is 36.7 Å². The Bertz CT molecular complexity index is 739. The van der Waals surface area contributed by atoms with Crippen molar-refractivity contribution in [2.45, 2.75) is 25.9 Å². The summed E-state index contributed by atoms with van der Waals surface area (Å²) in [5.74, 6) is -0.350. The molecule has 1 fully saturated rings. The number of rotatable bonds is 4. The molecule has 0 spiro atoms. The van der Waals surface area contributed by atoms with Gasteiger partial charge in [-0.15, -0.1) is 0 Å². The van der Waals surface area contributed by atoms with Crippen molar-refractivity contribution in [2.24, 2.45) is 0 Å². The Kier molecular flexibility index (Phi) is 5.63. The van der Waals surface area contributed by atoms with Gasteiger partial charge in [0.25, 0.3) is 5.91 Å². The van der Waals surface area contributed by atoms with Crippen molar-refractivity contribution in [3.05, 3.63) is 66.0 Å². The van der Waals surface area contributed by atoms with Crippen LogP contribution >= 0.6 is 0 Å². The average Bonchev–Trinajstić information content (AvgIpc) is 2.67. The van der Waals surface area contributed by atoms with Gasteiger partial charge in [0.1, 0.15) is 6.73 Å². The molecule has 1 saturated heterocycles. The van der Waals surface area contributed by atoms with Crippen LogP contribution in [0.4, 0.5) is 0 Å². The van der Waals surface area contributed by atoms with Gasteiger partial charge < -0.3 is 9.64 Å². The summed E-state index contributed by atoms with van der Waals surface area (Å²) in [5, 5.41) is 0. The van der Waals surface area contributed by atoms with Crippen LogP contribution in [0.2, 0.25) is 0 Å². The Labute approximate surface area is 153 Å². The summed E-state index contributed by atoms with van der Waals surface area (Å²) in [6, 6.07) is 12.7. The van der Waals surface area contributed by atoms with E-state index in [9.17, 15) is 9.59 Å². The van der Waals surface area contributed by atoms with Gasteiger partial charge in [-0.25, -0.2) is 4.79 Å². The van der Waals surface area contributed by atoms with E-state index in [1.165, 1.54) is 0 Å². The summed E-state index contributed by atoms with van der Waals surface area (Å²) in [7, 11) is 0. The molecule has 0 aliphatic carbocycles. The second kappa shape index (κ2) is 8.10. The molecule has 0 unspecified atom stereocenters. The summed E-state index contributed by atoms with van der Waals surface area (Å²) in [4.78, 5) is 32.7. The van der Waals surface area contributed by atoms with Crippen molar-refractivity contribution >= 4 is 11.9 Å². The smallest absolute Gasteiger partial charge is 0.339 e. The van der Waals surface area contributed by atoms with Gasteiger partial charge in [-0.1, -0.05) is 18.2 Å². The average molecular weight is 353 g/mol. The Morgan fingerprint density at radius 1 is 1.04 bits per heavy atom. The highest BCUT2D eigenvalue weighted by atomic mass is 16.5. The molecule has 1 aromatic heterocycles. The topological polar surface area (TPSA) is 62.7 Å². The molecule has 0 radical (unpaired) electrons. The molecule has 2 atom stereocenters. The minimum atomic E-state index is -0.334. The van der Waals surface area contributed by atoms with Gasteiger partial charge >= 0.3 is 5.97 Å². The highest BCUT2D eigenvalue weighted by molar-refractivity contribution is 5.94. The lowest BCUT2D eigenvalue weighted by molar-refractivity contribution is -0.0318. The molecule has 1 amide bonds. The van der Waals surface area contributed by atoms with Crippen molar-refractivity contribution in [2.75, 3.05) is 19.8 Å². The maximum absolute atomic E-state index is 12.6. The number of hydrogen-bond acceptors (Lipinski definition) is 5. The van der Waals surface area contributed by atoms with Gasteiger partial charge in [0.2, 0.25) is 0 Å². The number of hydrogen-bond donors (Lipinski definition) is 0. The molecule has 6 nitrogen and oxygen atoms in total. The minimum Gasteiger partial charge on any atom is -0.446 e. The molecule has 136 valence electrons. The predicted molar refractivity (Wildman–Crippen MR) is 97.6 cm³/mol. The first-order valence-corrected chi connectivity index (χ1v) is 8.73. The number of ether oxygens (including phenoxy) is 1. The van der Waals surface area contributed by atoms with Crippen LogP contribution in [0, 0.1) is 0 Å². The summed E-state index contributed by atoms with van der Waals surface area (Å²) in [6.45, 7) is 5.46. The van der Waals surface area contributed by atoms with Gasteiger partial charge in [-0.05, 0) is 38.1 Å². The molecule has 0 saturated carbocycles. The van der Waals surface area contributed by atoms with Gasteiger partial charge in [0.15, 0.2) is 0 Å². The van der Waals surface area contributed by atoms with E-state index in [-0.39, 0.29) is 30.7 Å². The monoisotopic (exact) mass is 353 g/mol. The molecular formula is C20H23N3O3. The van der Waals surface area contributed by atoms with Crippen molar-refractivity contribution in [1.29, 1.82) is 0 Å². The normalized spacial score (nSPS) is 20.6. The number of benzene rings is 1. The van der Waals surface area contributed by atoms with Gasteiger partial charge in [0.05, 0.1) is 11.1 Å². The number of pyridine rings is 1. The number of carbonyl (C=O) groups excluding carboxylic acids is 2. The maximum Gasteiger partial charge on any atom is 0.339 e. The SMILES string of the molecule is C[C@@H]1CN(C(=O)c2cccnc2)C[C@H](C)N1COC(=O)c1ccccc1. The summed E-state index contributed by atoms with van der Waals surface area (Å²) in [6.07, 6.45) is 3.24. The molecule has 0 bridgehead atoms. The molecule has 2 aromatic rings. The molecule has 3 rings (SSSR count). The molecule has 26 heavy (non-hydrogen) atoms. The van der Waals surface area contributed by atoms with Crippen molar-refractivity contribution in [3.63, 3.8) is 0 Å². The van der Waals surface area contributed by atoms with Crippen LogP contribution in [-0.4, -0.2) is 58.6 Å². The third kappa shape index (κ3) is 4.08. The second-order valence-electron chi connectivity index (χ2n) is 6.59. The van der Waals surface area contributed by atoms with E-state index < -0.39 is 0 Å². The standard InChI is InChI=1S/C20H23N3O3/c1-15-12-22(19(24)18-9-6-10-21-11-18)13-16(2)23(15)14-26-20(25)17-7-4-3-5-8-17/h3-11,15-16H,12-14H2,1-2H3/t15-,16+. The highest BCUT2D eigenvalue weighted by Gasteiger charge is 2.32. The minimum absolute atomic E-state index is 0.0160. The van der Waals surface area contributed by atoms with E-state index in [0.717, 1.165) is 0 Å². The Hall–Kier alpha value is -2.73. The summed E-state index contributed by atoms with van der Waals surface area (Å²) < 4.78 is 5.46. The lowest BCUT2D eigenvalue weighted by atomic mass is 10.1. The molecule has 1 aliphatic heterocycles. The Balaban J connectivity index is 1.58. The number of aromatic nitrogens is 1. The molecule has 2 heterocycles. The first-order chi connectivity index (χ1) is 12.6. The number of nitrogens with zero attached hydrogens (tertiary/aromatic N) is 3. The largest absolute Gasteiger partial charge is 0.446 e. The zero-order chi connectivity index (χ0) is 18.5. The number of amides is 1. The first kappa shape index (κ1) is 18.1. The number of esters is 1. The van der Waals surface area contributed by atoms with Crippen molar-refractivity contribution < 1.29 is 14.3 Å². The molecule has 1 aromatic carbocycles. The fourth-order valence-corrected chi connectivity index (χ4v) is 3.24.